The molecule has 1 atom stereocenters. The Bertz CT molecular complexity index is 399. The third kappa shape index (κ3) is 2.92. The van der Waals surface area contributed by atoms with Gasteiger partial charge in [0.2, 0.25) is 0 Å². The minimum Gasteiger partial charge on any atom is -0.337 e. The number of hydrogen-bond donors (Lipinski definition) is 1. The highest BCUT2D eigenvalue weighted by atomic mass is 16.2. The second-order valence-corrected chi connectivity index (χ2v) is 5.20. The summed E-state index contributed by atoms with van der Waals surface area (Å²) in [6, 6.07) is 1.90. The molecule has 0 saturated carbocycles. The van der Waals surface area contributed by atoms with Crippen molar-refractivity contribution in [1.82, 2.24) is 15.1 Å². The molecule has 1 N–H and O–H groups in total. The van der Waals surface area contributed by atoms with Gasteiger partial charge in [-0.15, -0.1) is 0 Å². The van der Waals surface area contributed by atoms with Gasteiger partial charge < -0.3 is 4.90 Å². The van der Waals surface area contributed by atoms with Crippen LogP contribution in [-0.4, -0.2) is 34.1 Å². The maximum absolute atomic E-state index is 12.3. The minimum absolute atomic E-state index is 0.0896. The fourth-order valence-electron chi connectivity index (χ4n) is 2.61. The first-order valence-electron chi connectivity index (χ1n) is 7.08. The molecular weight excluding hydrogens is 226 g/mol. The van der Waals surface area contributed by atoms with Gasteiger partial charge in [-0.3, -0.25) is 9.89 Å². The normalized spacial score (nSPS) is 20.1. The molecule has 1 unspecified atom stereocenters. The van der Waals surface area contributed by atoms with Gasteiger partial charge in [-0.1, -0.05) is 26.7 Å². The number of carbonyl (C=O) groups excluding carboxylic acids is 1. The summed E-state index contributed by atoms with van der Waals surface area (Å²) >= 11 is 0. The van der Waals surface area contributed by atoms with Crippen LogP contribution < -0.4 is 0 Å². The van der Waals surface area contributed by atoms with Gasteiger partial charge in [0.25, 0.3) is 5.91 Å². The maximum Gasteiger partial charge on any atom is 0.274 e. The zero-order valence-electron chi connectivity index (χ0n) is 11.4. The summed E-state index contributed by atoms with van der Waals surface area (Å²) in [7, 11) is 0. The molecule has 4 heteroatoms. The standard InChI is InChI=1S/C14H23N3O/c1-3-6-12-9-13(16-15-12)14(18)17-8-5-7-11(4-2)10-17/h9,11H,3-8,10H2,1-2H3,(H,15,16). The van der Waals surface area contributed by atoms with E-state index in [1.54, 1.807) is 0 Å². The van der Waals surface area contributed by atoms with E-state index in [0.717, 1.165) is 44.5 Å². The van der Waals surface area contributed by atoms with E-state index >= 15 is 0 Å². The maximum atomic E-state index is 12.3. The molecule has 1 aliphatic heterocycles. The first kappa shape index (κ1) is 13.1. The molecule has 4 nitrogen and oxygen atoms in total. The highest BCUT2D eigenvalue weighted by Gasteiger charge is 2.24. The van der Waals surface area contributed by atoms with Gasteiger partial charge in [0.05, 0.1) is 0 Å². The van der Waals surface area contributed by atoms with Crippen LogP contribution >= 0.6 is 0 Å². The molecular formula is C14H23N3O. The molecule has 100 valence electrons. The van der Waals surface area contributed by atoms with Crippen molar-refractivity contribution in [3.8, 4) is 0 Å². The van der Waals surface area contributed by atoms with Crippen LogP contribution in [0.25, 0.3) is 0 Å². The lowest BCUT2D eigenvalue weighted by atomic mass is 9.95. The first-order chi connectivity index (χ1) is 8.74. The van der Waals surface area contributed by atoms with Crippen LogP contribution in [0.1, 0.15) is 55.7 Å². The van der Waals surface area contributed by atoms with Gasteiger partial charge >= 0.3 is 0 Å². The Hall–Kier alpha value is -1.32. The molecule has 0 spiro atoms. The lowest BCUT2D eigenvalue weighted by molar-refractivity contribution is 0.0665. The van der Waals surface area contributed by atoms with E-state index in [0.29, 0.717) is 11.6 Å². The average molecular weight is 249 g/mol. The molecule has 2 heterocycles. The van der Waals surface area contributed by atoms with Crippen molar-refractivity contribution in [2.24, 2.45) is 5.92 Å². The zero-order valence-corrected chi connectivity index (χ0v) is 11.4. The van der Waals surface area contributed by atoms with Crippen molar-refractivity contribution in [3.63, 3.8) is 0 Å². The number of aromatic amines is 1. The molecule has 1 aliphatic rings. The topological polar surface area (TPSA) is 49.0 Å². The predicted octanol–water partition coefficient (Wildman–Crippen LogP) is 2.62. The quantitative estimate of drug-likeness (QED) is 0.891. The Labute approximate surface area is 109 Å². The second kappa shape index (κ2) is 6.03. The van der Waals surface area contributed by atoms with Gasteiger partial charge in [-0.25, -0.2) is 0 Å². The molecule has 2 rings (SSSR count). The average Bonchev–Trinajstić information content (AvgIpc) is 2.87. The number of H-pyrrole nitrogens is 1. The Morgan fingerprint density at radius 2 is 2.39 bits per heavy atom. The summed E-state index contributed by atoms with van der Waals surface area (Å²) < 4.78 is 0. The fraction of sp³-hybridized carbons (Fsp3) is 0.714. The number of aromatic nitrogens is 2. The second-order valence-electron chi connectivity index (χ2n) is 5.20. The van der Waals surface area contributed by atoms with Crippen molar-refractivity contribution in [2.45, 2.75) is 46.0 Å². The number of piperidine rings is 1. The summed E-state index contributed by atoms with van der Waals surface area (Å²) in [5.74, 6) is 0.753. The molecule has 0 radical (unpaired) electrons. The third-order valence-corrected chi connectivity index (χ3v) is 3.75. The molecule has 1 amide bonds. The van der Waals surface area contributed by atoms with Crippen LogP contribution in [0.2, 0.25) is 0 Å². The van der Waals surface area contributed by atoms with Crippen LogP contribution in [0.4, 0.5) is 0 Å². The minimum atomic E-state index is 0.0896. The fourth-order valence-corrected chi connectivity index (χ4v) is 2.61. The molecule has 1 aromatic rings. The molecule has 18 heavy (non-hydrogen) atoms. The van der Waals surface area contributed by atoms with E-state index in [2.05, 4.69) is 24.0 Å². The van der Waals surface area contributed by atoms with E-state index in [9.17, 15) is 4.79 Å². The van der Waals surface area contributed by atoms with Crippen molar-refractivity contribution >= 4 is 5.91 Å². The molecule has 1 aromatic heterocycles. The number of likely N-dealkylation sites (tertiary alicyclic amines) is 1. The van der Waals surface area contributed by atoms with Gasteiger partial charge in [0.1, 0.15) is 5.69 Å². The SMILES string of the molecule is CCCc1cc(C(=O)N2CCCC(CC)C2)n[nH]1. The van der Waals surface area contributed by atoms with E-state index < -0.39 is 0 Å². The number of aryl methyl sites for hydroxylation is 1. The Morgan fingerprint density at radius 1 is 1.56 bits per heavy atom. The first-order valence-corrected chi connectivity index (χ1v) is 7.08. The van der Waals surface area contributed by atoms with Crippen LogP contribution in [0.3, 0.4) is 0 Å². The third-order valence-electron chi connectivity index (χ3n) is 3.75. The lowest BCUT2D eigenvalue weighted by Gasteiger charge is -2.31. The predicted molar refractivity (Wildman–Crippen MR) is 71.5 cm³/mol. The van der Waals surface area contributed by atoms with Crippen molar-refractivity contribution in [1.29, 1.82) is 0 Å². The zero-order chi connectivity index (χ0) is 13.0. The largest absolute Gasteiger partial charge is 0.337 e. The van der Waals surface area contributed by atoms with Gasteiger partial charge in [0.15, 0.2) is 0 Å². The summed E-state index contributed by atoms with van der Waals surface area (Å²) in [5, 5.41) is 7.10. The van der Waals surface area contributed by atoms with Crippen molar-refractivity contribution in [3.05, 3.63) is 17.5 Å². The van der Waals surface area contributed by atoms with Gasteiger partial charge in [-0.2, -0.15) is 5.10 Å². The summed E-state index contributed by atoms with van der Waals surface area (Å²) in [5.41, 5.74) is 1.64. The Balaban J connectivity index is 2.00. The number of carbonyl (C=O) groups is 1. The number of rotatable bonds is 4. The van der Waals surface area contributed by atoms with Gasteiger partial charge in [0, 0.05) is 18.8 Å². The van der Waals surface area contributed by atoms with E-state index in [1.165, 1.54) is 6.42 Å². The van der Waals surface area contributed by atoms with E-state index in [-0.39, 0.29) is 5.91 Å². The van der Waals surface area contributed by atoms with Crippen molar-refractivity contribution < 1.29 is 4.79 Å². The summed E-state index contributed by atoms with van der Waals surface area (Å²) in [6.45, 7) is 6.10. The summed E-state index contributed by atoms with van der Waals surface area (Å²) in [6.07, 6.45) is 5.55. The monoisotopic (exact) mass is 249 g/mol. The number of amides is 1. The van der Waals surface area contributed by atoms with E-state index in [1.807, 2.05) is 11.0 Å². The highest BCUT2D eigenvalue weighted by molar-refractivity contribution is 5.92. The number of nitrogens with zero attached hydrogens (tertiary/aromatic N) is 2. The Kier molecular flexibility index (Phi) is 4.39. The Morgan fingerprint density at radius 3 is 3.11 bits per heavy atom. The molecule has 0 aliphatic carbocycles. The number of nitrogens with one attached hydrogen (secondary N) is 1. The molecule has 0 aromatic carbocycles. The van der Waals surface area contributed by atoms with E-state index in [4.69, 9.17) is 0 Å². The van der Waals surface area contributed by atoms with Crippen LogP contribution in [0.15, 0.2) is 6.07 Å². The molecule has 1 saturated heterocycles. The smallest absolute Gasteiger partial charge is 0.274 e. The van der Waals surface area contributed by atoms with Crippen LogP contribution in [0, 0.1) is 5.92 Å². The van der Waals surface area contributed by atoms with Gasteiger partial charge in [-0.05, 0) is 31.2 Å². The number of hydrogen-bond acceptors (Lipinski definition) is 2. The molecule has 0 bridgehead atoms. The molecule has 1 fully saturated rings. The van der Waals surface area contributed by atoms with Crippen LogP contribution in [0.5, 0.6) is 0 Å². The van der Waals surface area contributed by atoms with Crippen LogP contribution in [-0.2, 0) is 6.42 Å². The lowest BCUT2D eigenvalue weighted by Crippen LogP contribution is -2.39. The summed E-state index contributed by atoms with van der Waals surface area (Å²) in [4.78, 5) is 14.3. The van der Waals surface area contributed by atoms with Crippen molar-refractivity contribution in [2.75, 3.05) is 13.1 Å². The highest BCUT2D eigenvalue weighted by Crippen LogP contribution is 2.20.